The first-order valence-electron chi connectivity index (χ1n) is 7.00. The molecule has 0 spiro atoms. The van der Waals surface area contributed by atoms with Crippen LogP contribution in [-0.4, -0.2) is 30.4 Å². The van der Waals surface area contributed by atoms with Crippen LogP contribution in [-0.2, 0) is 17.6 Å². The highest BCUT2D eigenvalue weighted by molar-refractivity contribution is 5.53. The second-order valence-electron chi connectivity index (χ2n) is 5.08. The summed E-state index contributed by atoms with van der Waals surface area (Å²) in [6.45, 7) is 1.57. The number of ether oxygens (including phenoxy) is 1. The van der Waals surface area contributed by atoms with E-state index in [9.17, 15) is 0 Å². The SMILES string of the molecule is COCCCc1noc(C2CNc3ccccc3C2)n1. The molecule has 1 aliphatic heterocycles. The molecule has 0 saturated heterocycles. The summed E-state index contributed by atoms with van der Waals surface area (Å²) >= 11 is 0. The maximum Gasteiger partial charge on any atom is 0.231 e. The van der Waals surface area contributed by atoms with Gasteiger partial charge in [0.25, 0.3) is 0 Å². The Kier molecular flexibility index (Phi) is 3.97. The molecule has 1 atom stereocenters. The summed E-state index contributed by atoms with van der Waals surface area (Å²) in [6.07, 6.45) is 2.66. The Balaban J connectivity index is 1.66. The average Bonchev–Trinajstić information content (AvgIpc) is 2.96. The van der Waals surface area contributed by atoms with E-state index in [2.05, 4.69) is 33.7 Å². The van der Waals surface area contributed by atoms with Crippen molar-refractivity contribution in [3.05, 3.63) is 41.5 Å². The van der Waals surface area contributed by atoms with Gasteiger partial charge in [-0.1, -0.05) is 23.4 Å². The molecule has 2 aromatic rings. The van der Waals surface area contributed by atoms with Gasteiger partial charge in [0.05, 0.1) is 5.92 Å². The number of hydrogen-bond donors (Lipinski definition) is 1. The first-order chi connectivity index (χ1) is 9.86. The molecular formula is C15H19N3O2. The lowest BCUT2D eigenvalue weighted by atomic mass is 9.94. The third kappa shape index (κ3) is 2.82. The number of nitrogens with zero attached hydrogens (tertiary/aromatic N) is 2. The van der Waals surface area contributed by atoms with E-state index in [1.54, 1.807) is 7.11 Å². The zero-order valence-corrected chi connectivity index (χ0v) is 11.6. The molecule has 0 aliphatic carbocycles. The molecule has 5 heteroatoms. The lowest BCUT2D eigenvalue weighted by Gasteiger charge is -2.23. The van der Waals surface area contributed by atoms with Gasteiger partial charge in [-0.25, -0.2) is 0 Å². The molecule has 2 heterocycles. The van der Waals surface area contributed by atoms with Crippen molar-refractivity contribution in [2.24, 2.45) is 0 Å². The third-order valence-corrected chi connectivity index (χ3v) is 3.60. The van der Waals surface area contributed by atoms with E-state index in [4.69, 9.17) is 9.26 Å². The summed E-state index contributed by atoms with van der Waals surface area (Å²) in [5.74, 6) is 1.77. The Morgan fingerprint density at radius 2 is 2.30 bits per heavy atom. The number of para-hydroxylation sites is 1. The summed E-state index contributed by atoms with van der Waals surface area (Å²) in [7, 11) is 1.70. The van der Waals surface area contributed by atoms with Crippen LogP contribution in [0.4, 0.5) is 5.69 Å². The number of methoxy groups -OCH3 is 1. The highest BCUT2D eigenvalue weighted by atomic mass is 16.5. The van der Waals surface area contributed by atoms with Crippen LogP contribution in [0.5, 0.6) is 0 Å². The molecule has 3 rings (SSSR count). The molecule has 5 nitrogen and oxygen atoms in total. The molecule has 106 valence electrons. The smallest absolute Gasteiger partial charge is 0.231 e. The van der Waals surface area contributed by atoms with Gasteiger partial charge in [-0.05, 0) is 24.5 Å². The fourth-order valence-electron chi connectivity index (χ4n) is 2.53. The molecule has 0 radical (unpaired) electrons. The highest BCUT2D eigenvalue weighted by Crippen LogP contribution is 2.29. The van der Waals surface area contributed by atoms with Crippen molar-refractivity contribution in [2.45, 2.75) is 25.2 Å². The van der Waals surface area contributed by atoms with Crippen LogP contribution in [0.15, 0.2) is 28.8 Å². The minimum absolute atomic E-state index is 0.258. The highest BCUT2D eigenvalue weighted by Gasteiger charge is 2.24. The quantitative estimate of drug-likeness (QED) is 0.848. The molecule has 1 aliphatic rings. The molecule has 0 fully saturated rings. The van der Waals surface area contributed by atoms with Crippen LogP contribution in [0, 0.1) is 0 Å². The second kappa shape index (κ2) is 6.05. The lowest BCUT2D eigenvalue weighted by molar-refractivity contribution is 0.194. The van der Waals surface area contributed by atoms with Crippen molar-refractivity contribution < 1.29 is 9.26 Å². The maximum atomic E-state index is 5.41. The fraction of sp³-hybridized carbons (Fsp3) is 0.467. The number of fused-ring (bicyclic) bond motifs is 1. The van der Waals surface area contributed by atoms with Crippen LogP contribution in [0.25, 0.3) is 0 Å². The minimum atomic E-state index is 0.258. The van der Waals surface area contributed by atoms with Gasteiger partial charge in [0.2, 0.25) is 5.89 Å². The van der Waals surface area contributed by atoms with Crippen LogP contribution >= 0.6 is 0 Å². The van der Waals surface area contributed by atoms with Crippen LogP contribution in [0.1, 0.15) is 29.6 Å². The van der Waals surface area contributed by atoms with Crippen molar-refractivity contribution in [1.29, 1.82) is 0 Å². The van der Waals surface area contributed by atoms with E-state index >= 15 is 0 Å². The van der Waals surface area contributed by atoms with Gasteiger partial charge >= 0.3 is 0 Å². The van der Waals surface area contributed by atoms with Crippen molar-refractivity contribution in [2.75, 3.05) is 25.6 Å². The van der Waals surface area contributed by atoms with Crippen molar-refractivity contribution >= 4 is 5.69 Å². The number of benzene rings is 1. The Morgan fingerprint density at radius 1 is 1.40 bits per heavy atom. The Morgan fingerprint density at radius 3 is 3.20 bits per heavy atom. The zero-order chi connectivity index (χ0) is 13.8. The third-order valence-electron chi connectivity index (χ3n) is 3.60. The molecular weight excluding hydrogens is 254 g/mol. The largest absolute Gasteiger partial charge is 0.385 e. The molecule has 0 bridgehead atoms. The van der Waals surface area contributed by atoms with Gasteiger partial charge in [-0.3, -0.25) is 0 Å². The zero-order valence-electron chi connectivity index (χ0n) is 11.6. The number of aromatic nitrogens is 2. The Bertz CT molecular complexity index is 568. The van der Waals surface area contributed by atoms with Gasteiger partial charge in [-0.15, -0.1) is 0 Å². The van der Waals surface area contributed by atoms with E-state index in [0.717, 1.165) is 44.1 Å². The van der Waals surface area contributed by atoms with Crippen LogP contribution < -0.4 is 5.32 Å². The summed E-state index contributed by atoms with van der Waals surface area (Å²) in [6, 6.07) is 8.36. The molecule has 0 saturated carbocycles. The van der Waals surface area contributed by atoms with Gasteiger partial charge < -0.3 is 14.6 Å². The van der Waals surface area contributed by atoms with Crippen LogP contribution in [0.3, 0.4) is 0 Å². The molecule has 20 heavy (non-hydrogen) atoms. The second-order valence-corrected chi connectivity index (χ2v) is 5.08. The van der Waals surface area contributed by atoms with Crippen molar-refractivity contribution in [3.63, 3.8) is 0 Å². The number of anilines is 1. The predicted octanol–water partition coefficient (Wildman–Crippen LogP) is 2.40. The minimum Gasteiger partial charge on any atom is -0.385 e. The Labute approximate surface area is 118 Å². The Hall–Kier alpha value is -1.88. The lowest BCUT2D eigenvalue weighted by Crippen LogP contribution is -2.21. The normalized spacial score (nSPS) is 17.6. The summed E-state index contributed by atoms with van der Waals surface area (Å²) < 4.78 is 10.4. The summed E-state index contributed by atoms with van der Waals surface area (Å²) in [5.41, 5.74) is 2.52. The number of hydrogen-bond acceptors (Lipinski definition) is 5. The van der Waals surface area contributed by atoms with Crippen molar-refractivity contribution in [3.8, 4) is 0 Å². The number of aryl methyl sites for hydroxylation is 1. The molecule has 1 N–H and O–H groups in total. The number of rotatable bonds is 5. The summed E-state index contributed by atoms with van der Waals surface area (Å²) in [5, 5.41) is 7.47. The topological polar surface area (TPSA) is 60.2 Å². The predicted molar refractivity (Wildman–Crippen MR) is 75.9 cm³/mol. The molecule has 0 amide bonds. The van der Waals surface area contributed by atoms with E-state index in [1.165, 1.54) is 11.3 Å². The standard InChI is InChI=1S/C15H19N3O2/c1-19-8-4-7-14-17-15(20-18-14)12-9-11-5-2-3-6-13(11)16-10-12/h2-3,5-6,12,16H,4,7-10H2,1H3. The maximum absolute atomic E-state index is 5.41. The summed E-state index contributed by atoms with van der Waals surface area (Å²) in [4.78, 5) is 4.51. The average molecular weight is 273 g/mol. The van der Waals surface area contributed by atoms with E-state index < -0.39 is 0 Å². The fourth-order valence-corrected chi connectivity index (χ4v) is 2.53. The van der Waals surface area contributed by atoms with E-state index in [1.807, 2.05) is 6.07 Å². The van der Waals surface area contributed by atoms with E-state index in [-0.39, 0.29) is 5.92 Å². The van der Waals surface area contributed by atoms with Crippen molar-refractivity contribution in [1.82, 2.24) is 10.1 Å². The van der Waals surface area contributed by atoms with Gasteiger partial charge in [0, 0.05) is 32.4 Å². The van der Waals surface area contributed by atoms with E-state index in [0.29, 0.717) is 0 Å². The molecule has 1 aromatic heterocycles. The van der Waals surface area contributed by atoms with Gasteiger partial charge in [0.15, 0.2) is 5.82 Å². The van der Waals surface area contributed by atoms with Crippen LogP contribution in [0.2, 0.25) is 0 Å². The first kappa shape index (κ1) is 13.1. The van der Waals surface area contributed by atoms with Gasteiger partial charge in [-0.2, -0.15) is 4.98 Å². The first-order valence-corrected chi connectivity index (χ1v) is 7.00. The monoisotopic (exact) mass is 273 g/mol. The van der Waals surface area contributed by atoms with Gasteiger partial charge in [0.1, 0.15) is 0 Å². The number of nitrogens with one attached hydrogen (secondary N) is 1. The molecule has 1 unspecified atom stereocenters. The molecule has 1 aromatic carbocycles.